The van der Waals surface area contributed by atoms with Crippen molar-refractivity contribution in [3.8, 4) is 0 Å². The van der Waals surface area contributed by atoms with Gasteiger partial charge in [-0.05, 0) is 42.9 Å². The molecule has 1 N–H and O–H groups in total. The molecule has 2 nitrogen and oxygen atoms in total. The summed E-state index contributed by atoms with van der Waals surface area (Å²) in [5.41, 5.74) is 1.15. The first-order chi connectivity index (χ1) is 9.08. The Labute approximate surface area is 115 Å². The van der Waals surface area contributed by atoms with Crippen LogP contribution < -0.4 is 5.32 Å². The number of hydrogen-bond donors (Lipinski definition) is 1. The van der Waals surface area contributed by atoms with Crippen LogP contribution >= 0.6 is 0 Å². The fourth-order valence-corrected chi connectivity index (χ4v) is 2.71. The molecule has 0 aliphatic carbocycles. The van der Waals surface area contributed by atoms with E-state index in [0.29, 0.717) is 17.9 Å². The van der Waals surface area contributed by atoms with Gasteiger partial charge in [0.05, 0.1) is 6.61 Å². The van der Waals surface area contributed by atoms with Gasteiger partial charge in [0.2, 0.25) is 0 Å². The SMILES string of the molecule is CC(C)C(NC(C)C1CCOC1)c1ccc(F)cc1. The number of hydrogen-bond acceptors (Lipinski definition) is 2. The molecule has 0 aromatic heterocycles. The van der Waals surface area contributed by atoms with Gasteiger partial charge >= 0.3 is 0 Å². The largest absolute Gasteiger partial charge is 0.381 e. The third-order valence-electron chi connectivity index (χ3n) is 4.01. The Morgan fingerprint density at radius 2 is 1.89 bits per heavy atom. The normalized spacial score (nSPS) is 22.7. The van der Waals surface area contributed by atoms with Gasteiger partial charge in [0.1, 0.15) is 5.82 Å². The Kier molecular flexibility index (Phi) is 4.94. The standard InChI is InChI=1S/C16H24FNO/c1-11(2)16(13-4-6-15(17)7-5-13)18-12(3)14-8-9-19-10-14/h4-7,11-12,14,16,18H,8-10H2,1-3H3. The van der Waals surface area contributed by atoms with Crippen LogP contribution in [0.25, 0.3) is 0 Å². The summed E-state index contributed by atoms with van der Waals surface area (Å²) in [6, 6.07) is 7.51. The van der Waals surface area contributed by atoms with E-state index in [1.54, 1.807) is 0 Å². The highest BCUT2D eigenvalue weighted by molar-refractivity contribution is 5.20. The van der Waals surface area contributed by atoms with Crippen molar-refractivity contribution in [1.82, 2.24) is 5.32 Å². The lowest BCUT2D eigenvalue weighted by atomic mass is 9.92. The van der Waals surface area contributed by atoms with E-state index in [0.717, 1.165) is 25.2 Å². The highest BCUT2D eigenvalue weighted by atomic mass is 19.1. The van der Waals surface area contributed by atoms with Gasteiger partial charge in [-0.2, -0.15) is 0 Å². The van der Waals surface area contributed by atoms with Gasteiger partial charge in [-0.25, -0.2) is 4.39 Å². The Morgan fingerprint density at radius 3 is 2.42 bits per heavy atom. The molecule has 1 aliphatic heterocycles. The second-order valence-corrected chi connectivity index (χ2v) is 5.85. The van der Waals surface area contributed by atoms with E-state index in [1.165, 1.54) is 12.1 Å². The number of nitrogens with one attached hydrogen (secondary N) is 1. The van der Waals surface area contributed by atoms with Gasteiger partial charge in [-0.1, -0.05) is 26.0 Å². The van der Waals surface area contributed by atoms with Gasteiger partial charge in [0, 0.05) is 18.7 Å². The predicted molar refractivity (Wildman–Crippen MR) is 75.5 cm³/mol. The van der Waals surface area contributed by atoms with E-state index in [2.05, 4.69) is 26.1 Å². The van der Waals surface area contributed by atoms with Gasteiger partial charge in [0.25, 0.3) is 0 Å². The van der Waals surface area contributed by atoms with Crippen LogP contribution in [0.1, 0.15) is 38.8 Å². The van der Waals surface area contributed by atoms with E-state index in [4.69, 9.17) is 4.74 Å². The molecule has 1 fully saturated rings. The Morgan fingerprint density at radius 1 is 1.21 bits per heavy atom. The number of halogens is 1. The number of rotatable bonds is 5. The summed E-state index contributed by atoms with van der Waals surface area (Å²) in [4.78, 5) is 0. The average molecular weight is 265 g/mol. The molecule has 1 aromatic rings. The molecule has 106 valence electrons. The molecule has 3 unspecified atom stereocenters. The average Bonchev–Trinajstić information content (AvgIpc) is 2.90. The van der Waals surface area contributed by atoms with Crippen molar-refractivity contribution in [2.75, 3.05) is 13.2 Å². The van der Waals surface area contributed by atoms with Gasteiger partial charge in [-0.15, -0.1) is 0 Å². The minimum Gasteiger partial charge on any atom is -0.381 e. The lowest BCUT2D eigenvalue weighted by Crippen LogP contribution is -2.38. The fraction of sp³-hybridized carbons (Fsp3) is 0.625. The van der Waals surface area contributed by atoms with Crippen molar-refractivity contribution in [1.29, 1.82) is 0 Å². The molecule has 0 saturated carbocycles. The molecular formula is C16H24FNO. The summed E-state index contributed by atoms with van der Waals surface area (Å²) >= 11 is 0. The third kappa shape index (κ3) is 3.77. The first-order valence-corrected chi connectivity index (χ1v) is 7.17. The molecule has 19 heavy (non-hydrogen) atoms. The van der Waals surface area contributed by atoms with E-state index >= 15 is 0 Å². The van der Waals surface area contributed by atoms with Gasteiger partial charge < -0.3 is 10.1 Å². The van der Waals surface area contributed by atoms with E-state index in [1.807, 2.05) is 12.1 Å². The maximum absolute atomic E-state index is 13.0. The predicted octanol–water partition coefficient (Wildman–Crippen LogP) is 3.54. The molecule has 1 aliphatic rings. The lowest BCUT2D eigenvalue weighted by Gasteiger charge is -2.29. The zero-order valence-corrected chi connectivity index (χ0v) is 12.0. The number of benzene rings is 1. The van der Waals surface area contributed by atoms with Crippen molar-refractivity contribution < 1.29 is 9.13 Å². The fourth-order valence-electron chi connectivity index (χ4n) is 2.71. The summed E-state index contributed by atoms with van der Waals surface area (Å²) in [5.74, 6) is 0.875. The van der Waals surface area contributed by atoms with Crippen LogP contribution in [-0.2, 0) is 4.74 Å². The van der Waals surface area contributed by atoms with Gasteiger partial charge in [0.15, 0.2) is 0 Å². The lowest BCUT2D eigenvalue weighted by molar-refractivity contribution is 0.174. The summed E-state index contributed by atoms with van der Waals surface area (Å²) in [5, 5.41) is 3.69. The smallest absolute Gasteiger partial charge is 0.123 e. The zero-order chi connectivity index (χ0) is 13.8. The van der Waals surface area contributed by atoms with Crippen molar-refractivity contribution >= 4 is 0 Å². The summed E-state index contributed by atoms with van der Waals surface area (Å²) in [6.45, 7) is 8.33. The molecule has 0 spiro atoms. The summed E-state index contributed by atoms with van der Waals surface area (Å²) in [6.07, 6.45) is 1.13. The second kappa shape index (κ2) is 6.49. The minimum absolute atomic E-state index is 0.177. The van der Waals surface area contributed by atoms with E-state index < -0.39 is 0 Å². The van der Waals surface area contributed by atoms with Crippen molar-refractivity contribution in [2.24, 2.45) is 11.8 Å². The molecule has 3 atom stereocenters. The van der Waals surface area contributed by atoms with Crippen LogP contribution in [0, 0.1) is 17.7 Å². The monoisotopic (exact) mass is 265 g/mol. The number of ether oxygens (including phenoxy) is 1. The Hall–Kier alpha value is -0.930. The van der Waals surface area contributed by atoms with Crippen molar-refractivity contribution in [2.45, 2.75) is 39.3 Å². The van der Waals surface area contributed by atoms with Crippen LogP contribution in [0.2, 0.25) is 0 Å². The molecule has 1 saturated heterocycles. The third-order valence-corrected chi connectivity index (χ3v) is 4.01. The molecule has 0 amide bonds. The maximum Gasteiger partial charge on any atom is 0.123 e. The zero-order valence-electron chi connectivity index (χ0n) is 12.0. The van der Waals surface area contributed by atoms with Crippen molar-refractivity contribution in [3.05, 3.63) is 35.6 Å². The van der Waals surface area contributed by atoms with Crippen molar-refractivity contribution in [3.63, 3.8) is 0 Å². The van der Waals surface area contributed by atoms with Crippen LogP contribution in [0.3, 0.4) is 0 Å². The molecule has 2 rings (SSSR count). The highest BCUT2D eigenvalue weighted by Crippen LogP contribution is 2.25. The van der Waals surface area contributed by atoms with Crippen LogP contribution in [0.5, 0.6) is 0 Å². The Balaban J connectivity index is 2.05. The maximum atomic E-state index is 13.0. The molecule has 0 bridgehead atoms. The summed E-state index contributed by atoms with van der Waals surface area (Å²) in [7, 11) is 0. The van der Waals surface area contributed by atoms with E-state index in [9.17, 15) is 4.39 Å². The quantitative estimate of drug-likeness (QED) is 0.879. The van der Waals surface area contributed by atoms with Crippen LogP contribution in [0.15, 0.2) is 24.3 Å². The first-order valence-electron chi connectivity index (χ1n) is 7.17. The molecule has 3 heteroatoms. The van der Waals surface area contributed by atoms with E-state index in [-0.39, 0.29) is 11.9 Å². The molecule has 1 aromatic carbocycles. The summed E-state index contributed by atoms with van der Waals surface area (Å²) < 4.78 is 18.5. The van der Waals surface area contributed by atoms with Gasteiger partial charge in [-0.3, -0.25) is 0 Å². The first kappa shape index (κ1) is 14.5. The Bertz CT molecular complexity index is 384. The van der Waals surface area contributed by atoms with Crippen LogP contribution in [0.4, 0.5) is 4.39 Å². The second-order valence-electron chi connectivity index (χ2n) is 5.85. The minimum atomic E-state index is -0.177. The molecule has 1 heterocycles. The molecular weight excluding hydrogens is 241 g/mol. The van der Waals surface area contributed by atoms with Crippen LogP contribution in [-0.4, -0.2) is 19.3 Å². The molecule has 0 radical (unpaired) electrons. The highest BCUT2D eigenvalue weighted by Gasteiger charge is 2.26. The topological polar surface area (TPSA) is 21.3 Å².